The van der Waals surface area contributed by atoms with E-state index in [0.29, 0.717) is 19.5 Å². The molecule has 7 heteroatoms. The maximum Gasteiger partial charge on any atom is 0.410 e. The molecular weight excluding hydrogens is 370 g/mol. The number of likely N-dealkylation sites (tertiary alicyclic amines) is 1. The average Bonchev–Trinajstić information content (AvgIpc) is 3.16. The number of carboxylic acid groups (broad SMARTS) is 1. The number of carbonyl (C=O) groups excluding carboxylic acids is 1. The zero-order valence-corrected chi connectivity index (χ0v) is 17.3. The van der Waals surface area contributed by atoms with Crippen molar-refractivity contribution in [3.05, 3.63) is 42.2 Å². The zero-order chi connectivity index (χ0) is 21.0. The van der Waals surface area contributed by atoms with Crippen LogP contribution in [0.25, 0.3) is 11.1 Å². The molecule has 1 N–H and O–H groups in total. The molecule has 0 bridgehead atoms. The number of aromatic nitrogens is 2. The number of amides is 1. The van der Waals surface area contributed by atoms with Crippen molar-refractivity contribution in [1.29, 1.82) is 0 Å². The Morgan fingerprint density at radius 2 is 1.79 bits per heavy atom. The summed E-state index contributed by atoms with van der Waals surface area (Å²) in [6, 6.07) is 8.20. The first kappa shape index (κ1) is 20.9. The normalized spacial score (nSPS) is 15.3. The molecule has 1 aromatic carbocycles. The van der Waals surface area contributed by atoms with Gasteiger partial charge in [-0.15, -0.1) is 0 Å². The third kappa shape index (κ3) is 5.82. The quantitative estimate of drug-likeness (QED) is 0.817. The molecule has 1 aromatic heterocycles. The molecule has 0 aliphatic carbocycles. The van der Waals surface area contributed by atoms with E-state index in [1.807, 2.05) is 62.1 Å². The minimum atomic E-state index is -0.784. The monoisotopic (exact) mass is 399 g/mol. The first-order valence-electron chi connectivity index (χ1n) is 10.0. The smallest absolute Gasteiger partial charge is 0.410 e. The van der Waals surface area contributed by atoms with Gasteiger partial charge in [0.05, 0.1) is 12.2 Å². The predicted octanol–water partition coefficient (Wildman–Crippen LogP) is 4.14. The lowest BCUT2D eigenvalue weighted by Gasteiger charge is -2.33. The summed E-state index contributed by atoms with van der Waals surface area (Å²) in [5.41, 5.74) is 2.62. The molecule has 1 aliphatic heterocycles. The Hall–Kier alpha value is -2.83. The van der Waals surface area contributed by atoms with Crippen LogP contribution in [0.3, 0.4) is 0 Å². The summed E-state index contributed by atoms with van der Waals surface area (Å²) in [5.74, 6) is -0.784. The SMILES string of the molecule is CC(C)(C)OC(=O)N1CCC(n2cc(-c3ccc(CCC(=O)O)cc3)cn2)CC1. The number of ether oxygens (including phenoxy) is 1. The molecule has 1 amide bonds. The lowest BCUT2D eigenvalue weighted by atomic mass is 10.0. The molecule has 1 saturated heterocycles. The van der Waals surface area contributed by atoms with Crippen LogP contribution in [-0.2, 0) is 16.0 Å². The van der Waals surface area contributed by atoms with E-state index in [2.05, 4.69) is 5.10 Å². The van der Waals surface area contributed by atoms with E-state index in [-0.39, 0.29) is 18.6 Å². The number of rotatable bonds is 5. The maximum absolute atomic E-state index is 12.2. The second-order valence-electron chi connectivity index (χ2n) is 8.50. The maximum atomic E-state index is 12.2. The summed E-state index contributed by atoms with van der Waals surface area (Å²) in [5, 5.41) is 13.3. The molecule has 0 unspecified atom stereocenters. The van der Waals surface area contributed by atoms with Crippen molar-refractivity contribution in [2.24, 2.45) is 0 Å². The second-order valence-corrected chi connectivity index (χ2v) is 8.50. The Morgan fingerprint density at radius 1 is 1.14 bits per heavy atom. The highest BCUT2D eigenvalue weighted by Crippen LogP contribution is 2.26. The molecule has 1 fully saturated rings. The van der Waals surface area contributed by atoms with Gasteiger partial charge in [-0.05, 0) is 51.2 Å². The van der Waals surface area contributed by atoms with Crippen LogP contribution in [0.2, 0.25) is 0 Å². The van der Waals surface area contributed by atoms with E-state index >= 15 is 0 Å². The predicted molar refractivity (Wildman–Crippen MR) is 110 cm³/mol. The van der Waals surface area contributed by atoms with Crippen molar-refractivity contribution in [3.63, 3.8) is 0 Å². The molecule has 7 nitrogen and oxygen atoms in total. The van der Waals surface area contributed by atoms with Crippen LogP contribution in [0.5, 0.6) is 0 Å². The minimum absolute atomic E-state index is 0.138. The lowest BCUT2D eigenvalue weighted by Crippen LogP contribution is -2.42. The Kier molecular flexibility index (Phi) is 6.25. The van der Waals surface area contributed by atoms with Gasteiger partial charge in [0.25, 0.3) is 0 Å². The van der Waals surface area contributed by atoms with E-state index in [4.69, 9.17) is 9.84 Å². The van der Waals surface area contributed by atoms with Gasteiger partial charge < -0.3 is 14.7 Å². The summed E-state index contributed by atoms with van der Waals surface area (Å²) in [6.07, 6.45) is 6.00. The molecule has 29 heavy (non-hydrogen) atoms. The van der Waals surface area contributed by atoms with Gasteiger partial charge >= 0.3 is 12.1 Å². The van der Waals surface area contributed by atoms with Gasteiger partial charge in [0, 0.05) is 31.3 Å². The van der Waals surface area contributed by atoms with Crippen LogP contribution in [0.4, 0.5) is 4.79 Å². The first-order chi connectivity index (χ1) is 13.7. The van der Waals surface area contributed by atoms with Crippen molar-refractivity contribution >= 4 is 12.1 Å². The van der Waals surface area contributed by atoms with E-state index in [9.17, 15) is 9.59 Å². The van der Waals surface area contributed by atoms with Gasteiger partial charge in [0.1, 0.15) is 5.60 Å². The van der Waals surface area contributed by atoms with E-state index < -0.39 is 11.6 Å². The summed E-state index contributed by atoms with van der Waals surface area (Å²) < 4.78 is 7.44. The fraction of sp³-hybridized carbons (Fsp3) is 0.500. The molecule has 0 radical (unpaired) electrons. The van der Waals surface area contributed by atoms with Crippen molar-refractivity contribution in [2.45, 2.75) is 58.1 Å². The van der Waals surface area contributed by atoms with Crippen LogP contribution in [0.1, 0.15) is 51.6 Å². The minimum Gasteiger partial charge on any atom is -0.481 e. The topological polar surface area (TPSA) is 84.7 Å². The van der Waals surface area contributed by atoms with E-state index in [1.165, 1.54) is 0 Å². The highest BCUT2D eigenvalue weighted by atomic mass is 16.6. The van der Waals surface area contributed by atoms with Gasteiger partial charge in [-0.25, -0.2) is 4.79 Å². The van der Waals surface area contributed by atoms with Crippen molar-refractivity contribution in [1.82, 2.24) is 14.7 Å². The third-order valence-corrected chi connectivity index (χ3v) is 5.01. The lowest BCUT2D eigenvalue weighted by molar-refractivity contribution is -0.136. The average molecular weight is 399 g/mol. The molecule has 156 valence electrons. The van der Waals surface area contributed by atoms with Crippen LogP contribution < -0.4 is 0 Å². The Balaban J connectivity index is 1.57. The molecule has 0 saturated carbocycles. The van der Waals surface area contributed by atoms with Gasteiger partial charge in [-0.1, -0.05) is 24.3 Å². The Morgan fingerprint density at radius 3 is 2.38 bits per heavy atom. The standard InChI is InChI=1S/C22H29N3O4/c1-22(2,3)29-21(28)24-12-10-19(11-13-24)25-15-18(14-23-25)17-7-4-16(5-8-17)6-9-20(26)27/h4-5,7-8,14-15,19H,6,9-13H2,1-3H3,(H,26,27). The van der Waals surface area contributed by atoms with E-state index in [0.717, 1.165) is 29.5 Å². The highest BCUT2D eigenvalue weighted by Gasteiger charge is 2.27. The van der Waals surface area contributed by atoms with Gasteiger partial charge in [0.15, 0.2) is 0 Å². The highest BCUT2D eigenvalue weighted by molar-refractivity contribution is 5.68. The number of aryl methyl sites for hydroxylation is 1. The molecule has 2 heterocycles. The molecular formula is C22H29N3O4. The van der Waals surface area contributed by atoms with E-state index in [1.54, 1.807) is 4.90 Å². The number of carbonyl (C=O) groups is 2. The number of hydrogen-bond donors (Lipinski definition) is 1. The summed E-state index contributed by atoms with van der Waals surface area (Å²) >= 11 is 0. The fourth-order valence-corrected chi connectivity index (χ4v) is 3.44. The number of piperidine rings is 1. The van der Waals surface area contributed by atoms with Gasteiger partial charge in [-0.3, -0.25) is 9.48 Å². The number of benzene rings is 1. The van der Waals surface area contributed by atoms with Crippen LogP contribution in [0.15, 0.2) is 36.7 Å². The largest absolute Gasteiger partial charge is 0.481 e. The summed E-state index contributed by atoms with van der Waals surface area (Å²) in [6.45, 7) is 6.95. The Labute approximate surface area is 171 Å². The molecule has 3 rings (SSSR count). The molecule has 1 aliphatic rings. The molecule has 0 spiro atoms. The first-order valence-corrected chi connectivity index (χ1v) is 10.0. The van der Waals surface area contributed by atoms with Crippen molar-refractivity contribution in [3.8, 4) is 11.1 Å². The number of nitrogens with zero attached hydrogens (tertiary/aromatic N) is 3. The summed E-state index contributed by atoms with van der Waals surface area (Å²) in [7, 11) is 0. The van der Waals surface area contributed by atoms with Gasteiger partial charge in [-0.2, -0.15) is 5.10 Å². The van der Waals surface area contributed by atoms with Crippen LogP contribution in [-0.4, -0.2) is 50.5 Å². The Bertz CT molecular complexity index is 844. The number of aliphatic carboxylic acids is 1. The fourth-order valence-electron chi connectivity index (χ4n) is 3.44. The molecule has 0 atom stereocenters. The number of carboxylic acids is 1. The summed E-state index contributed by atoms with van der Waals surface area (Å²) in [4.78, 5) is 24.7. The molecule has 2 aromatic rings. The van der Waals surface area contributed by atoms with Crippen LogP contribution >= 0.6 is 0 Å². The third-order valence-electron chi connectivity index (χ3n) is 5.01. The van der Waals surface area contributed by atoms with Crippen LogP contribution in [0, 0.1) is 0 Å². The van der Waals surface area contributed by atoms with Crippen molar-refractivity contribution in [2.75, 3.05) is 13.1 Å². The zero-order valence-electron chi connectivity index (χ0n) is 17.3. The second kappa shape index (κ2) is 8.68. The van der Waals surface area contributed by atoms with Crippen molar-refractivity contribution < 1.29 is 19.4 Å². The van der Waals surface area contributed by atoms with Gasteiger partial charge in [0.2, 0.25) is 0 Å². The number of hydrogen-bond acceptors (Lipinski definition) is 4.